The standard InChI is InChI=1S/C44H40N4O4/c1-26-15-37-38(46-24-35-20-32-8-4-6-10-40(32)48(35)44(37)50)21-29(26)12-11-27-16-28(18-33(45)17-27)25-52-42-22-30-13-14-34-19-31-7-3-5-9-39(31)47(34)43(49)36(30)23-41(42)51-2/h3-10,15-18,21-24,34-35H,11-14,19-20,25,45H2,1-2H3/t34-,35+/m1/s1. The summed E-state index contributed by atoms with van der Waals surface area (Å²) in [4.78, 5) is 36.3. The summed E-state index contributed by atoms with van der Waals surface area (Å²) >= 11 is 0. The van der Waals surface area contributed by atoms with Crippen molar-refractivity contribution in [1.29, 1.82) is 0 Å². The van der Waals surface area contributed by atoms with Crippen LogP contribution in [0, 0.1) is 6.92 Å². The van der Waals surface area contributed by atoms with E-state index in [1.54, 1.807) is 7.11 Å². The summed E-state index contributed by atoms with van der Waals surface area (Å²) in [6.07, 6.45) is 6.79. The molecule has 5 aromatic carbocycles. The third kappa shape index (κ3) is 5.50. The van der Waals surface area contributed by atoms with Gasteiger partial charge in [0, 0.05) is 41.3 Å². The Bertz CT molecular complexity index is 2310. The molecule has 0 bridgehead atoms. The van der Waals surface area contributed by atoms with Crippen LogP contribution < -0.4 is 25.0 Å². The number of aryl methyl sites for hydroxylation is 4. The summed E-state index contributed by atoms with van der Waals surface area (Å²) < 4.78 is 12.1. The van der Waals surface area contributed by atoms with Crippen LogP contribution in [0.5, 0.6) is 11.5 Å². The van der Waals surface area contributed by atoms with Crippen LogP contribution in [0.1, 0.15) is 66.1 Å². The molecule has 4 aliphatic heterocycles. The molecular weight excluding hydrogens is 649 g/mol. The van der Waals surface area contributed by atoms with Crippen LogP contribution in [0.2, 0.25) is 0 Å². The Balaban J connectivity index is 0.909. The van der Waals surface area contributed by atoms with E-state index in [-0.39, 0.29) is 23.9 Å². The first-order valence-corrected chi connectivity index (χ1v) is 18.1. The minimum Gasteiger partial charge on any atom is -0.493 e. The summed E-state index contributed by atoms with van der Waals surface area (Å²) in [6, 6.07) is 30.3. The number of nitrogens with zero attached hydrogens (tertiary/aromatic N) is 3. The summed E-state index contributed by atoms with van der Waals surface area (Å²) in [5.74, 6) is 1.16. The molecule has 0 fully saturated rings. The number of methoxy groups -OCH3 is 1. The number of fused-ring (bicyclic) bond motifs is 8. The van der Waals surface area contributed by atoms with Crippen LogP contribution in [-0.4, -0.2) is 37.2 Å². The monoisotopic (exact) mass is 688 g/mol. The van der Waals surface area contributed by atoms with Crippen LogP contribution in [-0.2, 0) is 38.7 Å². The predicted molar refractivity (Wildman–Crippen MR) is 205 cm³/mol. The quantitative estimate of drug-likeness (QED) is 0.176. The lowest BCUT2D eigenvalue weighted by Crippen LogP contribution is -2.37. The maximum Gasteiger partial charge on any atom is 0.261 e. The number of nitrogens with two attached hydrogens (primary N) is 1. The molecule has 9 rings (SSSR count). The van der Waals surface area contributed by atoms with Crippen molar-refractivity contribution >= 4 is 40.8 Å². The Morgan fingerprint density at radius 1 is 0.769 bits per heavy atom. The fourth-order valence-corrected chi connectivity index (χ4v) is 8.53. The van der Waals surface area contributed by atoms with Gasteiger partial charge < -0.3 is 20.1 Å². The molecule has 4 heterocycles. The molecule has 8 nitrogen and oxygen atoms in total. The fourth-order valence-electron chi connectivity index (χ4n) is 8.53. The predicted octanol–water partition coefficient (Wildman–Crippen LogP) is 7.76. The molecular formula is C44H40N4O4. The molecule has 0 saturated carbocycles. The van der Waals surface area contributed by atoms with Gasteiger partial charge in [-0.15, -0.1) is 0 Å². The number of benzene rings is 5. The molecule has 2 amide bonds. The van der Waals surface area contributed by atoms with E-state index in [9.17, 15) is 9.59 Å². The summed E-state index contributed by atoms with van der Waals surface area (Å²) in [7, 11) is 1.61. The minimum absolute atomic E-state index is 0.00129. The Hall–Kier alpha value is -5.89. The van der Waals surface area contributed by atoms with Crippen molar-refractivity contribution in [2.75, 3.05) is 22.6 Å². The lowest BCUT2D eigenvalue weighted by molar-refractivity contribution is 0.0975. The highest BCUT2D eigenvalue weighted by molar-refractivity contribution is 6.14. The van der Waals surface area contributed by atoms with Crippen molar-refractivity contribution in [3.8, 4) is 11.5 Å². The highest BCUT2D eigenvalue weighted by atomic mass is 16.5. The smallest absolute Gasteiger partial charge is 0.261 e. The van der Waals surface area contributed by atoms with E-state index < -0.39 is 0 Å². The number of hydrogen-bond acceptors (Lipinski definition) is 6. The van der Waals surface area contributed by atoms with Crippen molar-refractivity contribution in [1.82, 2.24) is 0 Å². The van der Waals surface area contributed by atoms with Gasteiger partial charge in [-0.1, -0.05) is 42.5 Å². The molecule has 0 saturated heterocycles. The minimum atomic E-state index is -0.0712. The molecule has 0 unspecified atom stereocenters. The van der Waals surface area contributed by atoms with E-state index in [0.29, 0.717) is 34.9 Å². The van der Waals surface area contributed by atoms with Gasteiger partial charge in [0.15, 0.2) is 11.5 Å². The summed E-state index contributed by atoms with van der Waals surface area (Å²) in [5.41, 5.74) is 18.8. The topological polar surface area (TPSA) is 97.5 Å². The van der Waals surface area contributed by atoms with Gasteiger partial charge in [0.05, 0.1) is 24.4 Å². The number of nitrogen functional groups attached to an aromatic ring is 1. The van der Waals surface area contributed by atoms with Crippen molar-refractivity contribution < 1.29 is 19.1 Å². The van der Waals surface area contributed by atoms with Gasteiger partial charge in [0.1, 0.15) is 6.61 Å². The average molecular weight is 689 g/mol. The van der Waals surface area contributed by atoms with Gasteiger partial charge >= 0.3 is 0 Å². The number of carbonyl (C=O) groups excluding carboxylic acids is 2. The zero-order valence-corrected chi connectivity index (χ0v) is 29.4. The molecule has 8 heteroatoms. The first-order valence-electron chi connectivity index (χ1n) is 18.1. The van der Waals surface area contributed by atoms with Gasteiger partial charge in [0.2, 0.25) is 0 Å². The number of carbonyl (C=O) groups is 2. The van der Waals surface area contributed by atoms with Crippen molar-refractivity contribution in [3.63, 3.8) is 0 Å². The normalized spacial score (nSPS) is 18.1. The van der Waals surface area contributed by atoms with E-state index in [4.69, 9.17) is 20.2 Å². The van der Waals surface area contributed by atoms with Crippen molar-refractivity contribution in [3.05, 3.63) is 141 Å². The van der Waals surface area contributed by atoms with Crippen molar-refractivity contribution in [2.24, 2.45) is 4.99 Å². The van der Waals surface area contributed by atoms with E-state index in [1.807, 2.05) is 82.7 Å². The molecule has 52 heavy (non-hydrogen) atoms. The highest BCUT2D eigenvalue weighted by Crippen LogP contribution is 2.41. The third-order valence-electron chi connectivity index (χ3n) is 11.1. The van der Waals surface area contributed by atoms with Gasteiger partial charge in [-0.2, -0.15) is 0 Å². The molecule has 0 aromatic heterocycles. The van der Waals surface area contributed by atoms with E-state index in [2.05, 4.69) is 31.2 Å². The number of anilines is 3. The first-order chi connectivity index (χ1) is 25.3. The number of amides is 2. The van der Waals surface area contributed by atoms with Crippen LogP contribution >= 0.6 is 0 Å². The Kier molecular flexibility index (Phi) is 7.83. The lowest BCUT2D eigenvalue weighted by Gasteiger charge is -2.23. The molecule has 5 aromatic rings. The molecule has 0 aliphatic carbocycles. The zero-order valence-electron chi connectivity index (χ0n) is 29.4. The number of hydrogen-bond donors (Lipinski definition) is 1. The van der Waals surface area contributed by atoms with E-state index in [0.717, 1.165) is 83.4 Å². The molecule has 4 aliphatic rings. The Morgan fingerprint density at radius 2 is 1.50 bits per heavy atom. The van der Waals surface area contributed by atoms with Crippen LogP contribution in [0.25, 0.3) is 0 Å². The zero-order chi connectivity index (χ0) is 35.5. The molecule has 2 N–H and O–H groups in total. The highest BCUT2D eigenvalue weighted by Gasteiger charge is 2.38. The van der Waals surface area contributed by atoms with Crippen LogP contribution in [0.4, 0.5) is 22.7 Å². The van der Waals surface area contributed by atoms with Gasteiger partial charge in [-0.05, 0) is 127 Å². The maximum atomic E-state index is 13.9. The average Bonchev–Trinajstić information content (AvgIpc) is 3.64. The largest absolute Gasteiger partial charge is 0.493 e. The van der Waals surface area contributed by atoms with Crippen LogP contribution in [0.15, 0.2) is 96.0 Å². The lowest BCUT2D eigenvalue weighted by atomic mass is 9.96. The SMILES string of the molecule is COc1cc2c(cc1OCc1cc(N)cc(CCc3cc4c(cc3C)C(=O)N3c5ccccc5C[C@H]3C=N4)c1)CC[C@@H]1Cc3ccccc3N1C2=O. The molecule has 0 radical (unpaired) electrons. The first kappa shape index (κ1) is 32.0. The third-order valence-corrected chi connectivity index (χ3v) is 11.1. The second-order valence-electron chi connectivity index (χ2n) is 14.4. The molecule has 260 valence electrons. The van der Waals surface area contributed by atoms with Gasteiger partial charge in [0.25, 0.3) is 11.8 Å². The second kappa shape index (κ2) is 12.7. The fraction of sp³-hybridized carbons (Fsp3) is 0.250. The molecule has 0 spiro atoms. The Morgan fingerprint density at radius 3 is 2.31 bits per heavy atom. The second-order valence-corrected chi connectivity index (χ2v) is 14.4. The summed E-state index contributed by atoms with van der Waals surface area (Å²) in [5, 5.41) is 0. The van der Waals surface area contributed by atoms with Crippen LogP contribution in [0.3, 0.4) is 0 Å². The maximum absolute atomic E-state index is 13.9. The van der Waals surface area contributed by atoms with Gasteiger partial charge in [-0.25, -0.2) is 0 Å². The van der Waals surface area contributed by atoms with E-state index >= 15 is 0 Å². The number of rotatable bonds is 7. The van der Waals surface area contributed by atoms with Crippen molar-refractivity contribution in [2.45, 2.75) is 64.1 Å². The number of para-hydroxylation sites is 2. The number of aliphatic imine (C=N–C) groups is 1. The Labute approximate surface area is 303 Å². The van der Waals surface area contributed by atoms with Gasteiger partial charge in [-0.3, -0.25) is 19.5 Å². The molecule has 2 atom stereocenters. The summed E-state index contributed by atoms with van der Waals surface area (Å²) in [6.45, 7) is 2.37. The number of ether oxygens (including phenoxy) is 2. The van der Waals surface area contributed by atoms with E-state index in [1.165, 1.54) is 11.1 Å².